The van der Waals surface area contributed by atoms with E-state index in [0.29, 0.717) is 5.56 Å². The summed E-state index contributed by atoms with van der Waals surface area (Å²) in [5.74, 6) is -3.39. The zero-order valence-electron chi connectivity index (χ0n) is 15.4. The molecule has 0 aromatic heterocycles. The molecule has 8 heteroatoms. The molecule has 3 rings (SSSR count). The Bertz CT molecular complexity index is 987. The van der Waals surface area contributed by atoms with Gasteiger partial charge in [-0.25, -0.2) is 4.39 Å². The van der Waals surface area contributed by atoms with Crippen molar-refractivity contribution < 1.29 is 24.2 Å². The van der Waals surface area contributed by atoms with Gasteiger partial charge in [-0.2, -0.15) is 0 Å². The number of hydrogen-bond acceptors (Lipinski definition) is 5. The fourth-order valence-corrected chi connectivity index (χ4v) is 3.03. The highest BCUT2D eigenvalue weighted by Crippen LogP contribution is 2.26. The van der Waals surface area contributed by atoms with E-state index in [9.17, 15) is 24.2 Å². The molecule has 1 aliphatic heterocycles. The Morgan fingerprint density at radius 1 is 1.03 bits per heavy atom. The smallest absolute Gasteiger partial charge is 0.255 e. The van der Waals surface area contributed by atoms with Crippen molar-refractivity contribution in [1.29, 1.82) is 0 Å². The van der Waals surface area contributed by atoms with E-state index in [0.717, 1.165) is 5.56 Å². The van der Waals surface area contributed by atoms with Crippen LogP contribution in [0.1, 0.15) is 11.1 Å². The lowest BCUT2D eigenvalue weighted by atomic mass is 9.85. The number of aliphatic hydroxyl groups is 2. The topological polar surface area (TPSA) is 125 Å². The van der Waals surface area contributed by atoms with Gasteiger partial charge in [0.1, 0.15) is 11.4 Å². The van der Waals surface area contributed by atoms with Crippen molar-refractivity contribution in [2.24, 2.45) is 5.73 Å². The second-order valence-corrected chi connectivity index (χ2v) is 6.69. The van der Waals surface area contributed by atoms with Gasteiger partial charge in [0.2, 0.25) is 11.8 Å². The van der Waals surface area contributed by atoms with Crippen LogP contribution in [0.4, 0.5) is 4.39 Å². The maximum atomic E-state index is 13.0. The van der Waals surface area contributed by atoms with Crippen LogP contribution in [-0.2, 0) is 22.6 Å². The zero-order valence-corrected chi connectivity index (χ0v) is 15.4. The van der Waals surface area contributed by atoms with Gasteiger partial charge in [0.15, 0.2) is 5.76 Å². The van der Waals surface area contributed by atoms with Gasteiger partial charge >= 0.3 is 0 Å². The van der Waals surface area contributed by atoms with Crippen molar-refractivity contribution in [2.45, 2.75) is 18.5 Å². The molecule has 29 heavy (non-hydrogen) atoms. The Kier molecular flexibility index (Phi) is 5.54. The molecule has 1 atom stereocenters. The number of carbonyl (C=O) groups is 2. The maximum absolute atomic E-state index is 13.0. The monoisotopic (exact) mass is 397 g/mol. The molecule has 2 amide bonds. The van der Waals surface area contributed by atoms with E-state index < -0.39 is 34.8 Å². The number of amides is 2. The minimum atomic E-state index is -1.61. The third-order valence-corrected chi connectivity index (χ3v) is 4.59. The van der Waals surface area contributed by atoms with Crippen LogP contribution in [-0.4, -0.2) is 27.6 Å². The van der Waals surface area contributed by atoms with Gasteiger partial charge in [-0.3, -0.25) is 9.59 Å². The van der Waals surface area contributed by atoms with E-state index in [-0.39, 0.29) is 18.5 Å². The number of carbonyl (C=O) groups excluding carboxylic acids is 2. The fourth-order valence-electron chi connectivity index (χ4n) is 3.03. The summed E-state index contributed by atoms with van der Waals surface area (Å²) in [4.78, 5) is 24.9. The Morgan fingerprint density at radius 3 is 2.31 bits per heavy atom. The highest BCUT2D eigenvalue weighted by Gasteiger charge is 2.41. The number of hydrogen-bond donors (Lipinski definition) is 5. The Morgan fingerprint density at radius 2 is 1.69 bits per heavy atom. The molecule has 0 saturated heterocycles. The molecule has 0 radical (unpaired) electrons. The van der Waals surface area contributed by atoms with Crippen LogP contribution in [0.3, 0.4) is 0 Å². The molecular weight excluding hydrogens is 377 g/mol. The first kappa shape index (κ1) is 19.9. The molecule has 1 heterocycles. The average molecular weight is 397 g/mol. The summed E-state index contributed by atoms with van der Waals surface area (Å²) in [7, 11) is 0. The van der Waals surface area contributed by atoms with Crippen LogP contribution >= 0.6 is 0 Å². The summed E-state index contributed by atoms with van der Waals surface area (Å²) in [6.07, 6.45) is 1.26. The van der Waals surface area contributed by atoms with Crippen LogP contribution in [0.2, 0.25) is 0 Å². The van der Waals surface area contributed by atoms with E-state index >= 15 is 0 Å². The Labute approximate surface area is 166 Å². The fraction of sp³-hybridized carbons (Fsp3) is 0.143. The first-order chi connectivity index (χ1) is 13.8. The number of dihydropyridines is 1. The molecule has 0 saturated carbocycles. The minimum absolute atomic E-state index is 0.0508. The number of halogens is 1. The number of benzene rings is 2. The third kappa shape index (κ3) is 4.37. The SMILES string of the molecule is NC(=O)C1(Cc2ccccc2)C=C(C(=O)NCc2ccc(F)cc2)C(O)=C(O)N1. The summed E-state index contributed by atoms with van der Waals surface area (Å²) >= 11 is 0. The van der Waals surface area contributed by atoms with Crippen LogP contribution < -0.4 is 16.4 Å². The highest BCUT2D eigenvalue weighted by molar-refractivity contribution is 6.00. The molecule has 7 nitrogen and oxygen atoms in total. The summed E-state index contributed by atoms with van der Waals surface area (Å²) in [6, 6.07) is 14.4. The minimum Gasteiger partial charge on any atom is -0.503 e. The number of nitrogens with one attached hydrogen (secondary N) is 2. The van der Waals surface area contributed by atoms with Crippen LogP contribution in [0.15, 0.2) is 77.9 Å². The van der Waals surface area contributed by atoms with Crippen molar-refractivity contribution in [1.82, 2.24) is 10.6 Å². The first-order valence-electron chi connectivity index (χ1n) is 8.81. The first-order valence-corrected chi connectivity index (χ1v) is 8.81. The third-order valence-electron chi connectivity index (χ3n) is 4.59. The van der Waals surface area contributed by atoms with Gasteiger partial charge in [0.05, 0.1) is 5.57 Å². The summed E-state index contributed by atoms with van der Waals surface area (Å²) < 4.78 is 13.0. The largest absolute Gasteiger partial charge is 0.503 e. The van der Waals surface area contributed by atoms with Crippen molar-refractivity contribution in [3.8, 4) is 0 Å². The lowest BCUT2D eigenvalue weighted by Crippen LogP contribution is -2.57. The van der Waals surface area contributed by atoms with E-state index in [4.69, 9.17) is 5.73 Å². The molecule has 1 aliphatic rings. The van der Waals surface area contributed by atoms with Crippen LogP contribution in [0.5, 0.6) is 0 Å². The molecule has 0 spiro atoms. The summed E-state index contributed by atoms with van der Waals surface area (Å²) in [6.45, 7) is 0.0557. The van der Waals surface area contributed by atoms with Crippen LogP contribution in [0, 0.1) is 5.82 Å². The number of nitrogens with two attached hydrogens (primary N) is 1. The van der Waals surface area contributed by atoms with Gasteiger partial charge in [-0.05, 0) is 29.3 Å². The standard InChI is InChI=1S/C21H20FN3O4/c22-15-8-6-14(7-9-15)12-24-18(27)16-11-21(20(23)29,25-19(28)17(16)26)10-13-4-2-1-3-5-13/h1-9,11,25-26,28H,10,12H2,(H2,23,29)(H,24,27). The molecule has 150 valence electrons. The molecular formula is C21H20FN3O4. The van der Waals surface area contributed by atoms with E-state index in [1.54, 1.807) is 24.3 Å². The number of aliphatic hydroxyl groups excluding tert-OH is 2. The van der Waals surface area contributed by atoms with Crippen molar-refractivity contribution in [2.75, 3.05) is 0 Å². The average Bonchev–Trinajstić information content (AvgIpc) is 2.70. The van der Waals surface area contributed by atoms with Crippen LogP contribution in [0.25, 0.3) is 0 Å². The van der Waals surface area contributed by atoms with Gasteiger partial charge in [0.25, 0.3) is 5.91 Å². The normalized spacial score (nSPS) is 18.6. The van der Waals surface area contributed by atoms with E-state index in [2.05, 4.69) is 10.6 Å². The zero-order chi connectivity index (χ0) is 21.0. The lowest BCUT2D eigenvalue weighted by molar-refractivity contribution is -0.122. The van der Waals surface area contributed by atoms with Crippen molar-refractivity contribution in [3.05, 3.63) is 94.8 Å². The predicted octanol–water partition coefficient (Wildman–Crippen LogP) is 1.72. The molecule has 0 bridgehead atoms. The van der Waals surface area contributed by atoms with Crippen molar-refractivity contribution in [3.63, 3.8) is 0 Å². The van der Waals surface area contributed by atoms with E-state index in [1.807, 2.05) is 6.07 Å². The molecule has 6 N–H and O–H groups in total. The lowest BCUT2D eigenvalue weighted by Gasteiger charge is -2.33. The molecule has 0 fully saturated rings. The number of primary amides is 1. The van der Waals surface area contributed by atoms with Gasteiger partial charge in [-0.15, -0.1) is 0 Å². The van der Waals surface area contributed by atoms with Gasteiger partial charge in [0, 0.05) is 13.0 Å². The second-order valence-electron chi connectivity index (χ2n) is 6.69. The van der Waals surface area contributed by atoms with E-state index in [1.165, 1.54) is 30.3 Å². The van der Waals surface area contributed by atoms with Gasteiger partial charge < -0.3 is 26.6 Å². The summed E-state index contributed by atoms with van der Waals surface area (Å²) in [5, 5.41) is 25.4. The predicted molar refractivity (Wildman–Crippen MR) is 104 cm³/mol. The maximum Gasteiger partial charge on any atom is 0.255 e. The summed E-state index contributed by atoms with van der Waals surface area (Å²) in [5.41, 5.74) is 5.03. The van der Waals surface area contributed by atoms with Crippen molar-refractivity contribution >= 4 is 11.8 Å². The quantitative estimate of drug-likeness (QED) is 0.508. The Balaban J connectivity index is 1.87. The molecule has 2 aromatic rings. The second kappa shape index (κ2) is 8.05. The Hall–Kier alpha value is -3.81. The van der Waals surface area contributed by atoms with Gasteiger partial charge in [-0.1, -0.05) is 42.5 Å². The highest BCUT2D eigenvalue weighted by atomic mass is 19.1. The number of rotatable bonds is 6. The molecule has 0 aliphatic carbocycles. The molecule has 1 unspecified atom stereocenters. The molecule has 2 aromatic carbocycles.